The second kappa shape index (κ2) is 4.62. The van der Waals surface area contributed by atoms with Gasteiger partial charge in [-0.2, -0.15) is 0 Å². The minimum Gasteiger partial charge on any atom is -0.368 e. The number of aryl methyl sites for hydroxylation is 1. The van der Waals surface area contributed by atoms with Crippen LogP contribution in [0, 0.1) is 6.92 Å². The van der Waals surface area contributed by atoms with Crippen molar-refractivity contribution in [2.75, 3.05) is 0 Å². The molecule has 0 bridgehead atoms. The van der Waals surface area contributed by atoms with Crippen LogP contribution in [-0.2, 0) is 0 Å². The van der Waals surface area contributed by atoms with Crippen LogP contribution in [0.1, 0.15) is 24.1 Å². The quantitative estimate of drug-likeness (QED) is 0.377. The van der Waals surface area contributed by atoms with Gasteiger partial charge in [0, 0.05) is 0 Å². The third kappa shape index (κ3) is 2.47. The predicted octanol–water partition coefficient (Wildman–Crippen LogP) is 1.35. The summed E-state index contributed by atoms with van der Waals surface area (Å²) in [5, 5.41) is 8.49. The van der Waals surface area contributed by atoms with Gasteiger partial charge in [0.1, 0.15) is 0 Å². The molecule has 0 aliphatic heterocycles. The van der Waals surface area contributed by atoms with Crippen LogP contribution in [-0.4, -0.2) is 11.2 Å². The Bertz CT molecular complexity index is 336. The topological polar surface area (TPSA) is 70.6 Å². The van der Waals surface area contributed by atoms with E-state index in [2.05, 4.69) is 4.99 Å². The molecule has 1 atom stereocenters. The fraction of sp³-hybridized carbons (Fsp3) is 0.300. The molecule has 1 aromatic rings. The first-order valence-corrected chi connectivity index (χ1v) is 4.44. The van der Waals surface area contributed by atoms with Crippen molar-refractivity contribution < 1.29 is 5.21 Å². The number of hydroxylamine groups is 1. The number of benzene rings is 1. The monoisotopic (exact) mass is 193 g/mol. The summed E-state index contributed by atoms with van der Waals surface area (Å²) in [6.45, 7) is 3.94. The number of hydrogen-bond donors (Lipinski definition) is 3. The molecule has 0 spiro atoms. The number of rotatable bonds is 2. The summed E-state index contributed by atoms with van der Waals surface area (Å²) in [5.41, 5.74) is 9.43. The normalized spacial score (nSPS) is 13.8. The number of nitrogens with zero attached hydrogens (tertiary/aromatic N) is 1. The van der Waals surface area contributed by atoms with E-state index in [0.29, 0.717) is 0 Å². The van der Waals surface area contributed by atoms with Gasteiger partial charge in [0.15, 0.2) is 0 Å². The first-order valence-electron chi connectivity index (χ1n) is 4.44. The van der Waals surface area contributed by atoms with Gasteiger partial charge in [-0.3, -0.25) is 5.21 Å². The molecule has 0 aliphatic rings. The number of guanidine groups is 1. The SMILES string of the molecule is Cc1ccccc1C(C)N=C(N)NO. The number of nitrogens with one attached hydrogen (secondary N) is 1. The first-order chi connectivity index (χ1) is 6.65. The summed E-state index contributed by atoms with van der Waals surface area (Å²) >= 11 is 0. The summed E-state index contributed by atoms with van der Waals surface area (Å²) in [6.07, 6.45) is 0. The van der Waals surface area contributed by atoms with Crippen LogP contribution in [0.4, 0.5) is 0 Å². The zero-order valence-electron chi connectivity index (χ0n) is 8.36. The third-order valence-corrected chi connectivity index (χ3v) is 2.09. The van der Waals surface area contributed by atoms with Crippen LogP contribution in [0.2, 0.25) is 0 Å². The highest BCUT2D eigenvalue weighted by atomic mass is 16.5. The minimum absolute atomic E-state index is 0.0285. The molecule has 1 unspecified atom stereocenters. The molecule has 4 N–H and O–H groups in total. The molecular formula is C10H15N3O. The van der Waals surface area contributed by atoms with Crippen molar-refractivity contribution in [2.45, 2.75) is 19.9 Å². The van der Waals surface area contributed by atoms with Gasteiger partial charge in [0.2, 0.25) is 5.96 Å². The molecule has 0 aromatic heterocycles. The standard InChI is InChI=1S/C10H15N3O/c1-7-5-3-4-6-9(7)8(2)12-10(11)13-14/h3-6,8,14H,1-2H3,(H3,11,12,13). The summed E-state index contributed by atoms with van der Waals surface area (Å²) < 4.78 is 0. The van der Waals surface area contributed by atoms with Gasteiger partial charge in [-0.05, 0) is 25.0 Å². The Morgan fingerprint density at radius 3 is 2.71 bits per heavy atom. The van der Waals surface area contributed by atoms with Gasteiger partial charge in [0.05, 0.1) is 6.04 Å². The van der Waals surface area contributed by atoms with Crippen molar-refractivity contribution in [3.63, 3.8) is 0 Å². The molecule has 0 fully saturated rings. The maximum Gasteiger partial charge on any atom is 0.213 e. The van der Waals surface area contributed by atoms with Crippen LogP contribution >= 0.6 is 0 Å². The summed E-state index contributed by atoms with van der Waals surface area (Å²) in [5.74, 6) is 0.0285. The molecule has 76 valence electrons. The van der Waals surface area contributed by atoms with E-state index < -0.39 is 0 Å². The maximum atomic E-state index is 8.49. The Hall–Kier alpha value is -1.55. The first kappa shape index (κ1) is 10.5. The van der Waals surface area contributed by atoms with Crippen LogP contribution in [0.3, 0.4) is 0 Å². The van der Waals surface area contributed by atoms with Gasteiger partial charge >= 0.3 is 0 Å². The lowest BCUT2D eigenvalue weighted by Crippen LogP contribution is -2.28. The molecule has 0 saturated carbocycles. The molecule has 0 amide bonds. The molecule has 0 radical (unpaired) electrons. The van der Waals surface area contributed by atoms with Crippen LogP contribution < -0.4 is 11.2 Å². The van der Waals surface area contributed by atoms with Crippen LogP contribution in [0.25, 0.3) is 0 Å². The zero-order valence-corrected chi connectivity index (χ0v) is 8.36. The van der Waals surface area contributed by atoms with Gasteiger partial charge in [-0.25, -0.2) is 10.5 Å². The number of aliphatic imine (C=N–C) groups is 1. The van der Waals surface area contributed by atoms with E-state index in [0.717, 1.165) is 11.1 Å². The second-order valence-corrected chi connectivity index (χ2v) is 3.16. The third-order valence-electron chi connectivity index (χ3n) is 2.09. The lowest BCUT2D eigenvalue weighted by Gasteiger charge is -2.10. The van der Waals surface area contributed by atoms with Gasteiger partial charge in [-0.1, -0.05) is 24.3 Å². The van der Waals surface area contributed by atoms with Gasteiger partial charge in [-0.15, -0.1) is 0 Å². The van der Waals surface area contributed by atoms with E-state index in [1.165, 1.54) is 0 Å². The summed E-state index contributed by atoms with van der Waals surface area (Å²) in [4.78, 5) is 4.06. The van der Waals surface area contributed by atoms with Crippen molar-refractivity contribution in [1.82, 2.24) is 5.48 Å². The van der Waals surface area contributed by atoms with E-state index in [1.54, 1.807) is 0 Å². The number of hydrogen-bond acceptors (Lipinski definition) is 2. The zero-order chi connectivity index (χ0) is 10.6. The van der Waals surface area contributed by atoms with Crippen molar-refractivity contribution in [1.29, 1.82) is 0 Å². The van der Waals surface area contributed by atoms with Crippen molar-refractivity contribution in [2.24, 2.45) is 10.7 Å². The summed E-state index contributed by atoms with van der Waals surface area (Å²) in [6, 6.07) is 7.88. The Labute approximate surface area is 83.4 Å². The Balaban J connectivity index is 2.90. The van der Waals surface area contributed by atoms with Gasteiger partial charge < -0.3 is 5.73 Å². The van der Waals surface area contributed by atoms with E-state index in [4.69, 9.17) is 10.9 Å². The lowest BCUT2D eigenvalue weighted by molar-refractivity contribution is 0.232. The smallest absolute Gasteiger partial charge is 0.213 e. The Morgan fingerprint density at radius 2 is 2.14 bits per heavy atom. The highest BCUT2D eigenvalue weighted by molar-refractivity contribution is 5.76. The predicted molar refractivity (Wildman–Crippen MR) is 56.1 cm³/mol. The fourth-order valence-corrected chi connectivity index (χ4v) is 1.36. The van der Waals surface area contributed by atoms with Crippen molar-refractivity contribution in [3.8, 4) is 0 Å². The van der Waals surface area contributed by atoms with E-state index in [-0.39, 0.29) is 12.0 Å². The van der Waals surface area contributed by atoms with Crippen LogP contribution in [0.15, 0.2) is 29.3 Å². The molecule has 0 heterocycles. The Kier molecular flexibility index (Phi) is 3.48. The van der Waals surface area contributed by atoms with Crippen molar-refractivity contribution >= 4 is 5.96 Å². The molecule has 0 aliphatic carbocycles. The highest BCUT2D eigenvalue weighted by Gasteiger charge is 2.06. The summed E-state index contributed by atoms with van der Waals surface area (Å²) in [7, 11) is 0. The Morgan fingerprint density at radius 1 is 1.50 bits per heavy atom. The largest absolute Gasteiger partial charge is 0.368 e. The average molecular weight is 193 g/mol. The molecule has 4 nitrogen and oxygen atoms in total. The molecule has 1 rings (SSSR count). The van der Waals surface area contributed by atoms with Crippen LogP contribution in [0.5, 0.6) is 0 Å². The highest BCUT2D eigenvalue weighted by Crippen LogP contribution is 2.19. The molecular weight excluding hydrogens is 178 g/mol. The molecule has 0 saturated heterocycles. The molecule has 4 heteroatoms. The average Bonchev–Trinajstić information content (AvgIpc) is 2.18. The minimum atomic E-state index is -0.0594. The van der Waals surface area contributed by atoms with Gasteiger partial charge in [0.25, 0.3) is 0 Å². The van der Waals surface area contributed by atoms with E-state index in [9.17, 15) is 0 Å². The molecule has 1 aromatic carbocycles. The number of nitrogens with two attached hydrogens (primary N) is 1. The second-order valence-electron chi connectivity index (χ2n) is 3.16. The van der Waals surface area contributed by atoms with E-state index in [1.807, 2.05) is 43.6 Å². The van der Waals surface area contributed by atoms with Crippen molar-refractivity contribution in [3.05, 3.63) is 35.4 Å². The van der Waals surface area contributed by atoms with E-state index >= 15 is 0 Å². The maximum absolute atomic E-state index is 8.49. The fourth-order valence-electron chi connectivity index (χ4n) is 1.36. The molecule has 14 heavy (non-hydrogen) atoms. The lowest BCUT2D eigenvalue weighted by atomic mass is 10.0.